The van der Waals surface area contributed by atoms with Crippen LogP contribution in [0.1, 0.15) is 19.0 Å². The van der Waals surface area contributed by atoms with Crippen molar-refractivity contribution in [3.63, 3.8) is 0 Å². The van der Waals surface area contributed by atoms with Crippen LogP contribution >= 0.6 is 11.6 Å². The van der Waals surface area contributed by atoms with Gasteiger partial charge in [0.15, 0.2) is 0 Å². The Labute approximate surface area is 131 Å². The van der Waals surface area contributed by atoms with E-state index < -0.39 is 0 Å². The van der Waals surface area contributed by atoms with Gasteiger partial charge in [-0.1, -0.05) is 31.2 Å². The zero-order valence-corrected chi connectivity index (χ0v) is 13.3. The summed E-state index contributed by atoms with van der Waals surface area (Å²) < 4.78 is 0. The summed E-state index contributed by atoms with van der Waals surface area (Å²) in [6.45, 7) is 7.77. The van der Waals surface area contributed by atoms with Crippen molar-refractivity contribution in [1.29, 1.82) is 0 Å². The van der Waals surface area contributed by atoms with Gasteiger partial charge in [-0.2, -0.15) is 0 Å². The number of hydrogen-bond donors (Lipinski definition) is 0. The van der Waals surface area contributed by atoms with E-state index in [1.165, 1.54) is 23.7 Å². The van der Waals surface area contributed by atoms with E-state index in [1.54, 1.807) is 0 Å². The Hall–Kier alpha value is -1.32. The third-order valence-corrected chi connectivity index (χ3v) is 4.40. The molecule has 2 aromatic rings. The number of rotatable bonds is 4. The largest absolute Gasteiger partial charge is 0.354 e. The van der Waals surface area contributed by atoms with Crippen molar-refractivity contribution in [1.82, 2.24) is 9.88 Å². The molecule has 0 N–H and O–H groups in total. The fourth-order valence-corrected chi connectivity index (χ4v) is 3.18. The van der Waals surface area contributed by atoms with E-state index in [9.17, 15) is 0 Å². The van der Waals surface area contributed by atoms with Gasteiger partial charge in [0, 0.05) is 31.6 Å². The number of piperazine rings is 1. The van der Waals surface area contributed by atoms with Crippen LogP contribution in [0, 0.1) is 0 Å². The lowest BCUT2D eigenvalue weighted by Gasteiger charge is -2.35. The van der Waals surface area contributed by atoms with Gasteiger partial charge < -0.3 is 4.90 Å². The normalized spacial score (nSPS) is 16.6. The third kappa shape index (κ3) is 3.14. The van der Waals surface area contributed by atoms with Crippen LogP contribution in [-0.2, 0) is 5.88 Å². The number of halogens is 1. The van der Waals surface area contributed by atoms with Crippen LogP contribution in [0.25, 0.3) is 10.8 Å². The van der Waals surface area contributed by atoms with Crippen molar-refractivity contribution < 1.29 is 0 Å². The van der Waals surface area contributed by atoms with E-state index in [4.69, 9.17) is 16.6 Å². The van der Waals surface area contributed by atoms with Gasteiger partial charge in [-0.25, -0.2) is 4.98 Å². The number of hydrogen-bond acceptors (Lipinski definition) is 3. The predicted octanol–water partition coefficient (Wildman–Crippen LogP) is 3.51. The molecule has 0 radical (unpaired) electrons. The lowest BCUT2D eigenvalue weighted by Crippen LogP contribution is -2.46. The minimum Gasteiger partial charge on any atom is -0.354 e. The van der Waals surface area contributed by atoms with Gasteiger partial charge in [-0.15, -0.1) is 11.6 Å². The monoisotopic (exact) mass is 303 g/mol. The Kier molecular flexibility index (Phi) is 4.61. The molecular formula is C17H22ClN3. The Morgan fingerprint density at radius 1 is 1.14 bits per heavy atom. The zero-order chi connectivity index (χ0) is 14.7. The van der Waals surface area contributed by atoms with Crippen molar-refractivity contribution in [3.8, 4) is 0 Å². The highest BCUT2D eigenvalue weighted by Crippen LogP contribution is 2.27. The first-order valence-corrected chi connectivity index (χ1v) is 8.27. The van der Waals surface area contributed by atoms with E-state index in [-0.39, 0.29) is 0 Å². The van der Waals surface area contributed by atoms with E-state index >= 15 is 0 Å². The number of nitrogens with zero attached hydrogens (tertiary/aromatic N) is 3. The molecule has 0 spiro atoms. The molecule has 2 heterocycles. The average molecular weight is 304 g/mol. The van der Waals surface area contributed by atoms with Gasteiger partial charge in [0.05, 0.1) is 11.6 Å². The summed E-state index contributed by atoms with van der Waals surface area (Å²) in [7, 11) is 0. The Bertz CT molecular complexity index is 606. The quantitative estimate of drug-likeness (QED) is 0.806. The number of benzene rings is 1. The summed E-state index contributed by atoms with van der Waals surface area (Å²) in [5, 5.41) is 2.46. The third-order valence-electron chi connectivity index (χ3n) is 4.12. The Morgan fingerprint density at radius 3 is 2.62 bits per heavy atom. The summed E-state index contributed by atoms with van der Waals surface area (Å²) in [6, 6.07) is 10.6. The molecule has 0 aliphatic carbocycles. The molecule has 112 valence electrons. The number of aromatic nitrogens is 1. The molecule has 1 aromatic heterocycles. The van der Waals surface area contributed by atoms with Gasteiger partial charge >= 0.3 is 0 Å². The highest BCUT2D eigenvalue weighted by Gasteiger charge is 2.19. The number of pyridine rings is 1. The summed E-state index contributed by atoms with van der Waals surface area (Å²) in [5.41, 5.74) is 0.960. The molecule has 0 amide bonds. The Morgan fingerprint density at radius 2 is 1.90 bits per heavy atom. The molecule has 4 heteroatoms. The van der Waals surface area contributed by atoms with E-state index in [0.717, 1.165) is 37.7 Å². The van der Waals surface area contributed by atoms with Crippen LogP contribution in [0.3, 0.4) is 0 Å². The van der Waals surface area contributed by atoms with Crippen molar-refractivity contribution in [2.45, 2.75) is 19.2 Å². The lowest BCUT2D eigenvalue weighted by molar-refractivity contribution is 0.258. The van der Waals surface area contributed by atoms with Crippen LogP contribution in [0.5, 0.6) is 0 Å². The molecule has 3 rings (SSSR count). The maximum absolute atomic E-state index is 6.01. The maximum atomic E-state index is 6.01. The van der Waals surface area contributed by atoms with Crippen LogP contribution < -0.4 is 4.90 Å². The average Bonchev–Trinajstić information content (AvgIpc) is 2.55. The molecule has 21 heavy (non-hydrogen) atoms. The summed E-state index contributed by atoms with van der Waals surface area (Å²) in [5.74, 6) is 1.56. The number of alkyl halides is 1. The van der Waals surface area contributed by atoms with Gasteiger partial charge in [0.25, 0.3) is 0 Å². The zero-order valence-electron chi connectivity index (χ0n) is 12.6. The smallest absolute Gasteiger partial charge is 0.136 e. The highest BCUT2D eigenvalue weighted by molar-refractivity contribution is 6.17. The second-order valence-electron chi connectivity index (χ2n) is 5.62. The molecule has 3 nitrogen and oxygen atoms in total. The van der Waals surface area contributed by atoms with Gasteiger partial charge in [-0.05, 0) is 24.4 Å². The summed E-state index contributed by atoms with van der Waals surface area (Å²) in [4.78, 5) is 9.73. The first-order valence-electron chi connectivity index (χ1n) is 7.73. The molecule has 1 aliphatic heterocycles. The molecule has 0 bridgehead atoms. The molecule has 1 fully saturated rings. The minimum absolute atomic E-state index is 0.466. The standard InChI is InChI=1S/C17H22ClN3/c1-2-7-20-8-10-21(11-9-20)17-16-6-4-3-5-14(16)12-15(13-18)19-17/h3-6,12H,2,7-11,13H2,1H3. The summed E-state index contributed by atoms with van der Waals surface area (Å²) >= 11 is 6.01. The van der Waals surface area contributed by atoms with E-state index in [1.807, 2.05) is 0 Å². The highest BCUT2D eigenvalue weighted by atomic mass is 35.5. The van der Waals surface area contributed by atoms with Crippen LogP contribution in [0.2, 0.25) is 0 Å². The van der Waals surface area contributed by atoms with Crippen molar-refractivity contribution >= 4 is 28.2 Å². The topological polar surface area (TPSA) is 19.4 Å². The second kappa shape index (κ2) is 6.63. The van der Waals surface area contributed by atoms with Gasteiger partial charge in [-0.3, -0.25) is 4.90 Å². The minimum atomic E-state index is 0.466. The van der Waals surface area contributed by atoms with Crippen LogP contribution in [-0.4, -0.2) is 42.6 Å². The first-order chi connectivity index (χ1) is 10.3. The van der Waals surface area contributed by atoms with Crippen LogP contribution in [0.4, 0.5) is 5.82 Å². The fourth-order valence-electron chi connectivity index (χ4n) is 3.04. The fraction of sp³-hybridized carbons (Fsp3) is 0.471. The van der Waals surface area contributed by atoms with Crippen LogP contribution in [0.15, 0.2) is 30.3 Å². The van der Waals surface area contributed by atoms with Crippen molar-refractivity contribution in [3.05, 3.63) is 36.0 Å². The van der Waals surface area contributed by atoms with Gasteiger partial charge in [0.2, 0.25) is 0 Å². The molecular weight excluding hydrogens is 282 g/mol. The van der Waals surface area contributed by atoms with Crippen molar-refractivity contribution in [2.24, 2.45) is 0 Å². The SMILES string of the molecule is CCCN1CCN(c2nc(CCl)cc3ccccc23)CC1. The molecule has 0 unspecified atom stereocenters. The van der Waals surface area contributed by atoms with E-state index in [0.29, 0.717) is 5.88 Å². The van der Waals surface area contributed by atoms with Gasteiger partial charge in [0.1, 0.15) is 5.82 Å². The molecule has 1 aliphatic rings. The predicted molar refractivity (Wildman–Crippen MR) is 90.2 cm³/mol. The first kappa shape index (κ1) is 14.6. The molecule has 1 aromatic carbocycles. The molecule has 0 atom stereocenters. The number of fused-ring (bicyclic) bond motifs is 1. The van der Waals surface area contributed by atoms with Crippen molar-refractivity contribution in [2.75, 3.05) is 37.6 Å². The molecule has 0 saturated carbocycles. The Balaban J connectivity index is 1.89. The molecule has 1 saturated heterocycles. The lowest BCUT2D eigenvalue weighted by atomic mass is 10.1. The second-order valence-corrected chi connectivity index (χ2v) is 5.89. The maximum Gasteiger partial charge on any atom is 0.136 e. The number of anilines is 1. The summed E-state index contributed by atoms with van der Waals surface area (Å²) in [6.07, 6.45) is 1.23. The van der Waals surface area contributed by atoms with E-state index in [2.05, 4.69) is 47.1 Å².